The summed E-state index contributed by atoms with van der Waals surface area (Å²) in [5, 5.41) is 2.12. The second-order valence-corrected chi connectivity index (χ2v) is 6.00. The van der Waals surface area contributed by atoms with E-state index in [0.29, 0.717) is 17.1 Å². The summed E-state index contributed by atoms with van der Waals surface area (Å²) in [5.74, 6) is -0.864. The first-order valence-electron chi connectivity index (χ1n) is 8.28. The van der Waals surface area contributed by atoms with E-state index in [4.69, 9.17) is 8.83 Å². The molecule has 1 fully saturated rings. The van der Waals surface area contributed by atoms with Crippen molar-refractivity contribution < 1.29 is 27.6 Å². The Morgan fingerprint density at radius 1 is 1.04 bits per heavy atom. The highest BCUT2D eigenvalue weighted by Crippen LogP contribution is 2.25. The molecule has 4 rings (SSSR count). The van der Waals surface area contributed by atoms with Gasteiger partial charge in [-0.15, -0.1) is 0 Å². The molecule has 7 nitrogen and oxygen atoms in total. The van der Waals surface area contributed by atoms with Gasteiger partial charge in [-0.3, -0.25) is 19.8 Å². The summed E-state index contributed by atoms with van der Waals surface area (Å²) in [6, 6.07) is 11.3. The summed E-state index contributed by atoms with van der Waals surface area (Å²) in [4.78, 5) is 37.6. The maximum Gasteiger partial charge on any atom is 0.331 e. The van der Waals surface area contributed by atoms with Crippen LogP contribution < -0.4 is 5.32 Å². The lowest BCUT2D eigenvalue weighted by atomic mass is 10.1. The van der Waals surface area contributed by atoms with E-state index in [2.05, 4.69) is 5.32 Å². The van der Waals surface area contributed by atoms with Crippen molar-refractivity contribution in [2.24, 2.45) is 0 Å². The number of imide groups is 2. The van der Waals surface area contributed by atoms with Crippen molar-refractivity contribution in [3.05, 3.63) is 77.7 Å². The molecule has 3 aromatic rings. The van der Waals surface area contributed by atoms with Crippen LogP contribution in [-0.2, 0) is 16.1 Å². The van der Waals surface area contributed by atoms with E-state index in [1.165, 1.54) is 24.5 Å². The largest absolute Gasteiger partial charge is 0.467 e. The van der Waals surface area contributed by atoms with Crippen LogP contribution in [0, 0.1) is 5.82 Å². The monoisotopic (exact) mass is 380 g/mol. The van der Waals surface area contributed by atoms with Gasteiger partial charge in [0.15, 0.2) is 0 Å². The third-order valence-electron chi connectivity index (χ3n) is 4.12. The van der Waals surface area contributed by atoms with Crippen molar-refractivity contribution >= 4 is 23.9 Å². The Labute approximate surface area is 158 Å². The minimum Gasteiger partial charge on any atom is -0.467 e. The lowest BCUT2D eigenvalue weighted by Gasteiger charge is -2.25. The minimum absolute atomic E-state index is 0.110. The van der Waals surface area contributed by atoms with E-state index in [-0.39, 0.29) is 23.7 Å². The molecule has 0 unspecified atom stereocenters. The molecule has 140 valence electrons. The molecule has 1 aromatic carbocycles. The maximum absolute atomic E-state index is 13.0. The van der Waals surface area contributed by atoms with Gasteiger partial charge in [0.2, 0.25) is 0 Å². The van der Waals surface area contributed by atoms with Gasteiger partial charge in [-0.2, -0.15) is 0 Å². The zero-order chi connectivity index (χ0) is 19.7. The number of rotatable bonds is 4. The van der Waals surface area contributed by atoms with E-state index >= 15 is 0 Å². The van der Waals surface area contributed by atoms with Crippen molar-refractivity contribution in [2.45, 2.75) is 6.54 Å². The number of furan rings is 2. The molecule has 8 heteroatoms. The van der Waals surface area contributed by atoms with Crippen molar-refractivity contribution in [2.75, 3.05) is 0 Å². The number of amides is 4. The summed E-state index contributed by atoms with van der Waals surface area (Å²) in [6.45, 7) is -0.110. The molecule has 28 heavy (non-hydrogen) atoms. The fraction of sp³-hybridized carbons (Fsp3) is 0.0500. The normalized spacial score (nSPS) is 16.0. The number of hydrogen-bond acceptors (Lipinski definition) is 5. The first-order valence-corrected chi connectivity index (χ1v) is 8.28. The van der Waals surface area contributed by atoms with Gasteiger partial charge < -0.3 is 8.83 Å². The Bertz CT molecular complexity index is 1080. The van der Waals surface area contributed by atoms with Crippen LogP contribution in [0.25, 0.3) is 17.4 Å². The highest BCUT2D eigenvalue weighted by atomic mass is 19.1. The van der Waals surface area contributed by atoms with E-state index in [1.807, 2.05) is 0 Å². The van der Waals surface area contributed by atoms with Crippen LogP contribution in [0.1, 0.15) is 11.5 Å². The van der Waals surface area contributed by atoms with Crippen LogP contribution in [0.5, 0.6) is 0 Å². The maximum atomic E-state index is 13.0. The van der Waals surface area contributed by atoms with Crippen LogP contribution in [0.15, 0.2) is 69.2 Å². The van der Waals surface area contributed by atoms with Crippen molar-refractivity contribution in [3.8, 4) is 11.3 Å². The van der Waals surface area contributed by atoms with Crippen LogP contribution in [-0.4, -0.2) is 22.7 Å². The second-order valence-electron chi connectivity index (χ2n) is 6.00. The van der Waals surface area contributed by atoms with Crippen molar-refractivity contribution in [1.29, 1.82) is 0 Å². The molecule has 1 aliphatic heterocycles. The van der Waals surface area contributed by atoms with Crippen LogP contribution in [0.3, 0.4) is 0 Å². The third-order valence-corrected chi connectivity index (χ3v) is 4.12. The van der Waals surface area contributed by atoms with Gasteiger partial charge >= 0.3 is 6.03 Å². The molecule has 1 aliphatic rings. The number of carbonyl (C=O) groups excluding carboxylic acids is 3. The minimum atomic E-state index is -0.824. The molecule has 0 saturated carbocycles. The summed E-state index contributed by atoms with van der Waals surface area (Å²) < 4.78 is 23.8. The van der Waals surface area contributed by atoms with E-state index in [1.54, 1.807) is 36.4 Å². The highest BCUT2D eigenvalue weighted by molar-refractivity contribution is 6.30. The number of benzene rings is 1. The van der Waals surface area contributed by atoms with Gasteiger partial charge in [-0.1, -0.05) is 0 Å². The molecule has 4 amide bonds. The number of nitrogens with one attached hydrogen (secondary N) is 1. The number of halogens is 1. The summed E-state index contributed by atoms with van der Waals surface area (Å²) >= 11 is 0. The molecule has 0 aliphatic carbocycles. The Morgan fingerprint density at radius 3 is 2.54 bits per heavy atom. The van der Waals surface area contributed by atoms with Gasteiger partial charge in [0.25, 0.3) is 11.8 Å². The molecule has 1 saturated heterocycles. The first-order chi connectivity index (χ1) is 13.5. The Kier molecular flexibility index (Phi) is 4.36. The lowest BCUT2D eigenvalue weighted by molar-refractivity contribution is -0.130. The van der Waals surface area contributed by atoms with Gasteiger partial charge in [-0.25, -0.2) is 9.18 Å². The van der Waals surface area contributed by atoms with Gasteiger partial charge in [0.1, 0.15) is 28.7 Å². The zero-order valence-electron chi connectivity index (χ0n) is 14.3. The standard InChI is InChI=1S/C20H13FN2O5/c21-13-5-3-12(4-6-13)17-8-7-14(28-17)10-16-18(24)22-20(26)23(19(16)25)11-15-2-1-9-27-15/h1-10H,11H2,(H,22,24,26). The van der Waals surface area contributed by atoms with Crippen molar-refractivity contribution in [3.63, 3.8) is 0 Å². The van der Waals surface area contributed by atoms with Crippen LogP contribution in [0.4, 0.5) is 9.18 Å². The second kappa shape index (κ2) is 6.99. The number of urea groups is 1. The van der Waals surface area contributed by atoms with E-state index < -0.39 is 17.8 Å². The smallest absolute Gasteiger partial charge is 0.331 e. The summed E-state index contributed by atoms with van der Waals surface area (Å²) in [6.07, 6.45) is 2.68. The third kappa shape index (κ3) is 3.35. The number of nitrogens with zero attached hydrogens (tertiary/aromatic N) is 1. The fourth-order valence-corrected chi connectivity index (χ4v) is 2.74. The zero-order valence-corrected chi connectivity index (χ0v) is 14.3. The highest BCUT2D eigenvalue weighted by Gasteiger charge is 2.36. The summed E-state index contributed by atoms with van der Waals surface area (Å²) in [5.41, 5.74) is 0.395. The predicted octanol–water partition coefficient (Wildman–Crippen LogP) is 3.34. The quantitative estimate of drug-likeness (QED) is 0.554. The number of hydrogen-bond donors (Lipinski definition) is 1. The average molecular weight is 380 g/mol. The summed E-state index contributed by atoms with van der Waals surface area (Å²) in [7, 11) is 0. The molecule has 2 aromatic heterocycles. The average Bonchev–Trinajstić information content (AvgIpc) is 3.35. The molecular formula is C20H13FN2O5. The van der Waals surface area contributed by atoms with Gasteiger partial charge in [0.05, 0.1) is 12.8 Å². The van der Waals surface area contributed by atoms with Crippen LogP contribution >= 0.6 is 0 Å². The molecule has 1 N–H and O–H groups in total. The number of barbiturate groups is 1. The number of carbonyl (C=O) groups is 3. The molecule has 0 atom stereocenters. The molecule has 0 spiro atoms. The Morgan fingerprint density at radius 2 is 1.82 bits per heavy atom. The first kappa shape index (κ1) is 17.5. The lowest BCUT2D eigenvalue weighted by Crippen LogP contribution is -2.53. The fourth-order valence-electron chi connectivity index (χ4n) is 2.74. The van der Waals surface area contributed by atoms with Gasteiger partial charge in [0, 0.05) is 5.56 Å². The molecular weight excluding hydrogens is 367 g/mol. The molecule has 0 radical (unpaired) electrons. The van der Waals surface area contributed by atoms with Gasteiger partial charge in [-0.05, 0) is 54.6 Å². The van der Waals surface area contributed by atoms with Crippen LogP contribution in [0.2, 0.25) is 0 Å². The molecule has 0 bridgehead atoms. The molecule has 3 heterocycles. The van der Waals surface area contributed by atoms with Crippen molar-refractivity contribution in [1.82, 2.24) is 10.2 Å². The predicted molar refractivity (Wildman–Crippen MR) is 94.9 cm³/mol. The van der Waals surface area contributed by atoms with E-state index in [0.717, 1.165) is 4.90 Å². The Hall–Kier alpha value is -3.94. The SMILES string of the molecule is O=C1NC(=O)N(Cc2ccco2)C(=O)C1=Cc1ccc(-c2ccc(F)cc2)o1. The topological polar surface area (TPSA) is 92.8 Å². The Balaban J connectivity index is 1.61. The van der Waals surface area contributed by atoms with E-state index in [9.17, 15) is 18.8 Å².